The van der Waals surface area contributed by atoms with E-state index in [1.165, 1.54) is 0 Å². The largest absolute Gasteiger partial charge is 0.339 e. The van der Waals surface area contributed by atoms with Crippen molar-refractivity contribution in [1.29, 1.82) is 0 Å². The van der Waals surface area contributed by atoms with Crippen LogP contribution in [0.5, 0.6) is 0 Å². The van der Waals surface area contributed by atoms with E-state index < -0.39 is 0 Å². The zero-order chi connectivity index (χ0) is 14.0. The van der Waals surface area contributed by atoms with E-state index in [1.54, 1.807) is 4.90 Å². The fourth-order valence-corrected chi connectivity index (χ4v) is 2.41. The van der Waals surface area contributed by atoms with Crippen LogP contribution in [-0.2, 0) is 0 Å². The normalized spacial score (nSPS) is 10.7. The predicted octanol–water partition coefficient (Wildman–Crippen LogP) is 3.68. The van der Waals surface area contributed by atoms with Crippen LogP contribution in [0.15, 0.2) is 24.3 Å². The molecule has 0 aliphatic rings. The van der Waals surface area contributed by atoms with Crippen molar-refractivity contribution in [3.05, 3.63) is 40.5 Å². The highest BCUT2D eigenvalue weighted by Crippen LogP contribution is 2.26. The lowest BCUT2D eigenvalue weighted by molar-refractivity contribution is 0.0774. The molecule has 0 N–H and O–H groups in total. The van der Waals surface area contributed by atoms with E-state index in [0.717, 1.165) is 16.5 Å². The van der Waals surface area contributed by atoms with Crippen LogP contribution in [-0.4, -0.2) is 28.9 Å². The minimum absolute atomic E-state index is 0.0167. The zero-order valence-corrected chi connectivity index (χ0v) is 12.2. The van der Waals surface area contributed by atoms with Crippen molar-refractivity contribution in [3.63, 3.8) is 0 Å². The SMILES string of the molecule is CCN(CC)C(=O)c1c(C)c(Cl)nc2ccccc12. The van der Waals surface area contributed by atoms with Gasteiger partial charge in [0.05, 0.1) is 11.1 Å². The number of amides is 1. The third-order valence-corrected chi connectivity index (χ3v) is 3.71. The van der Waals surface area contributed by atoms with Crippen molar-refractivity contribution in [3.8, 4) is 0 Å². The predicted molar refractivity (Wildman–Crippen MR) is 78.7 cm³/mol. The molecule has 1 aromatic heterocycles. The lowest BCUT2D eigenvalue weighted by Crippen LogP contribution is -2.31. The Morgan fingerprint density at radius 3 is 2.53 bits per heavy atom. The average molecular weight is 277 g/mol. The van der Waals surface area contributed by atoms with E-state index in [0.29, 0.717) is 23.8 Å². The summed E-state index contributed by atoms with van der Waals surface area (Å²) in [5, 5.41) is 1.26. The van der Waals surface area contributed by atoms with Gasteiger partial charge in [-0.3, -0.25) is 4.79 Å². The van der Waals surface area contributed by atoms with E-state index in [9.17, 15) is 4.79 Å². The Bertz CT molecular complexity index is 621. The highest BCUT2D eigenvalue weighted by Gasteiger charge is 2.20. The lowest BCUT2D eigenvalue weighted by Gasteiger charge is -2.21. The van der Waals surface area contributed by atoms with E-state index in [-0.39, 0.29) is 5.91 Å². The second-order valence-electron chi connectivity index (χ2n) is 4.40. The number of hydrogen-bond acceptors (Lipinski definition) is 2. The number of benzene rings is 1. The fraction of sp³-hybridized carbons (Fsp3) is 0.333. The highest BCUT2D eigenvalue weighted by molar-refractivity contribution is 6.31. The van der Waals surface area contributed by atoms with Gasteiger partial charge in [0.25, 0.3) is 5.91 Å². The van der Waals surface area contributed by atoms with Gasteiger partial charge in [-0.15, -0.1) is 0 Å². The number of aromatic nitrogens is 1. The second-order valence-corrected chi connectivity index (χ2v) is 4.76. The Morgan fingerprint density at radius 2 is 1.89 bits per heavy atom. The van der Waals surface area contributed by atoms with E-state index in [2.05, 4.69) is 4.98 Å². The summed E-state index contributed by atoms with van der Waals surface area (Å²) in [6.45, 7) is 7.16. The number of carbonyl (C=O) groups excluding carboxylic acids is 1. The number of rotatable bonds is 3. The van der Waals surface area contributed by atoms with Gasteiger partial charge in [0, 0.05) is 18.5 Å². The van der Waals surface area contributed by atoms with Crippen molar-refractivity contribution >= 4 is 28.4 Å². The molecule has 1 heterocycles. The Balaban J connectivity index is 2.70. The molecule has 4 heteroatoms. The van der Waals surface area contributed by atoms with E-state index in [1.807, 2.05) is 45.0 Å². The minimum Gasteiger partial charge on any atom is -0.339 e. The summed E-state index contributed by atoms with van der Waals surface area (Å²) in [5.74, 6) is 0.0167. The number of halogens is 1. The number of fused-ring (bicyclic) bond motifs is 1. The summed E-state index contributed by atoms with van der Waals surface area (Å²) in [4.78, 5) is 18.8. The third-order valence-electron chi connectivity index (χ3n) is 3.34. The van der Waals surface area contributed by atoms with Gasteiger partial charge in [-0.1, -0.05) is 29.8 Å². The maximum Gasteiger partial charge on any atom is 0.254 e. The molecule has 0 radical (unpaired) electrons. The van der Waals surface area contributed by atoms with Crippen LogP contribution in [0.25, 0.3) is 10.9 Å². The lowest BCUT2D eigenvalue weighted by atomic mass is 10.0. The molecule has 0 aliphatic heterocycles. The molecule has 0 spiro atoms. The second kappa shape index (κ2) is 5.57. The van der Waals surface area contributed by atoms with Crippen molar-refractivity contribution < 1.29 is 4.79 Å². The molecule has 100 valence electrons. The maximum absolute atomic E-state index is 12.6. The topological polar surface area (TPSA) is 33.2 Å². The molecule has 0 aliphatic carbocycles. The maximum atomic E-state index is 12.6. The molecule has 1 amide bonds. The number of hydrogen-bond donors (Lipinski definition) is 0. The third kappa shape index (κ3) is 2.43. The van der Waals surface area contributed by atoms with Gasteiger partial charge in [-0.25, -0.2) is 4.98 Å². The number of para-hydroxylation sites is 1. The Hall–Kier alpha value is -1.61. The Kier molecular flexibility index (Phi) is 4.05. The number of nitrogens with zero attached hydrogens (tertiary/aromatic N) is 2. The summed E-state index contributed by atoms with van der Waals surface area (Å²) in [6.07, 6.45) is 0. The van der Waals surface area contributed by atoms with Crippen LogP contribution in [0.3, 0.4) is 0 Å². The fourth-order valence-electron chi connectivity index (χ4n) is 2.22. The van der Waals surface area contributed by atoms with E-state index in [4.69, 9.17) is 11.6 Å². The van der Waals surface area contributed by atoms with Gasteiger partial charge < -0.3 is 4.90 Å². The molecule has 1 aromatic carbocycles. The summed E-state index contributed by atoms with van der Waals surface area (Å²) in [5.41, 5.74) is 2.17. The van der Waals surface area contributed by atoms with Gasteiger partial charge >= 0.3 is 0 Å². The molecule has 19 heavy (non-hydrogen) atoms. The first-order valence-corrected chi connectivity index (χ1v) is 6.82. The molecule has 2 aromatic rings. The van der Waals surface area contributed by atoms with Gasteiger partial charge in [0.2, 0.25) is 0 Å². The standard InChI is InChI=1S/C15H17ClN2O/c1-4-18(5-2)15(19)13-10(3)14(16)17-12-9-7-6-8-11(12)13/h6-9H,4-5H2,1-3H3. The molecule has 2 rings (SSSR count). The van der Waals surface area contributed by atoms with Crippen molar-refractivity contribution in [2.24, 2.45) is 0 Å². The van der Waals surface area contributed by atoms with Crippen molar-refractivity contribution in [1.82, 2.24) is 9.88 Å². The van der Waals surface area contributed by atoms with E-state index >= 15 is 0 Å². The molecule has 0 saturated heterocycles. The van der Waals surface area contributed by atoms with Crippen LogP contribution in [0.1, 0.15) is 29.8 Å². The first kappa shape index (κ1) is 13.8. The summed E-state index contributed by atoms with van der Waals surface area (Å²) >= 11 is 6.15. The van der Waals surface area contributed by atoms with Crippen LogP contribution >= 0.6 is 11.6 Å². The molecule has 3 nitrogen and oxygen atoms in total. The number of carbonyl (C=O) groups is 1. The molecule has 0 fully saturated rings. The summed E-state index contributed by atoms with van der Waals surface area (Å²) in [7, 11) is 0. The molecule has 0 atom stereocenters. The van der Waals surface area contributed by atoms with Crippen LogP contribution in [0.4, 0.5) is 0 Å². The van der Waals surface area contributed by atoms with Crippen molar-refractivity contribution in [2.45, 2.75) is 20.8 Å². The monoisotopic (exact) mass is 276 g/mol. The first-order valence-electron chi connectivity index (χ1n) is 6.44. The minimum atomic E-state index is 0.0167. The van der Waals surface area contributed by atoms with Crippen LogP contribution in [0.2, 0.25) is 5.15 Å². The summed E-state index contributed by atoms with van der Waals surface area (Å²) < 4.78 is 0. The van der Waals surface area contributed by atoms with Gasteiger partial charge in [-0.05, 0) is 32.4 Å². The van der Waals surface area contributed by atoms with Crippen molar-refractivity contribution in [2.75, 3.05) is 13.1 Å². The van der Waals surface area contributed by atoms with Crippen LogP contribution < -0.4 is 0 Å². The molecule has 0 unspecified atom stereocenters. The molecule has 0 bridgehead atoms. The van der Waals surface area contributed by atoms with Gasteiger partial charge in [0.1, 0.15) is 5.15 Å². The average Bonchev–Trinajstić information content (AvgIpc) is 2.41. The number of pyridine rings is 1. The van der Waals surface area contributed by atoms with Gasteiger partial charge in [-0.2, -0.15) is 0 Å². The molecular weight excluding hydrogens is 260 g/mol. The van der Waals surface area contributed by atoms with Crippen LogP contribution in [0, 0.1) is 6.92 Å². The first-order chi connectivity index (χ1) is 9.10. The van der Waals surface area contributed by atoms with Gasteiger partial charge in [0.15, 0.2) is 0 Å². The highest BCUT2D eigenvalue weighted by atomic mass is 35.5. The Morgan fingerprint density at radius 1 is 1.26 bits per heavy atom. The molecular formula is C15H17ClN2O. The zero-order valence-electron chi connectivity index (χ0n) is 11.4. The smallest absolute Gasteiger partial charge is 0.254 e. The molecule has 0 saturated carbocycles. The summed E-state index contributed by atoms with van der Waals surface area (Å²) in [6, 6.07) is 7.60. The quantitative estimate of drug-likeness (QED) is 0.801. The Labute approximate surface area is 118 Å².